The van der Waals surface area contributed by atoms with Gasteiger partial charge in [0.1, 0.15) is 11.3 Å². The minimum Gasteiger partial charge on any atom is -0.465 e. The van der Waals surface area contributed by atoms with Crippen molar-refractivity contribution in [2.75, 3.05) is 7.11 Å². The Bertz CT molecular complexity index is 1000. The Morgan fingerprint density at radius 1 is 1.15 bits per heavy atom. The molecule has 26 heavy (non-hydrogen) atoms. The van der Waals surface area contributed by atoms with E-state index in [-0.39, 0.29) is 5.91 Å². The highest BCUT2D eigenvalue weighted by molar-refractivity contribution is 5.95. The van der Waals surface area contributed by atoms with Gasteiger partial charge in [-0.05, 0) is 43.2 Å². The first-order valence-electron chi connectivity index (χ1n) is 7.96. The quantitative estimate of drug-likeness (QED) is 0.445. The summed E-state index contributed by atoms with van der Waals surface area (Å²) < 4.78 is 6.40. The first kappa shape index (κ1) is 17.3. The van der Waals surface area contributed by atoms with Crippen LogP contribution in [0.15, 0.2) is 47.7 Å². The summed E-state index contributed by atoms with van der Waals surface area (Å²) in [5.74, 6) is -0.747. The van der Waals surface area contributed by atoms with Gasteiger partial charge in [0.05, 0.1) is 24.6 Å². The van der Waals surface area contributed by atoms with Crippen LogP contribution in [0.4, 0.5) is 0 Å². The van der Waals surface area contributed by atoms with E-state index in [0.717, 1.165) is 11.1 Å². The molecular weight excluding hydrogens is 332 g/mol. The van der Waals surface area contributed by atoms with Gasteiger partial charge in [-0.1, -0.05) is 18.2 Å². The number of hydrogen-bond acceptors (Lipinski definition) is 5. The molecule has 0 spiro atoms. The smallest absolute Gasteiger partial charge is 0.337 e. The van der Waals surface area contributed by atoms with E-state index < -0.39 is 5.97 Å². The molecule has 0 saturated heterocycles. The van der Waals surface area contributed by atoms with E-state index in [0.29, 0.717) is 22.6 Å². The fourth-order valence-corrected chi connectivity index (χ4v) is 2.58. The number of carbonyl (C=O) groups is 2. The topological polar surface area (TPSA) is 85.1 Å². The summed E-state index contributed by atoms with van der Waals surface area (Å²) in [6, 6.07) is 10.5. The second kappa shape index (κ2) is 7.18. The summed E-state index contributed by atoms with van der Waals surface area (Å²) in [6.45, 7) is 3.74. The molecule has 0 atom stereocenters. The van der Waals surface area contributed by atoms with E-state index >= 15 is 0 Å². The first-order chi connectivity index (χ1) is 12.5. The normalized spacial score (nSPS) is 11.0. The molecular formula is C19H18N4O3. The molecule has 7 nitrogen and oxygen atoms in total. The number of aryl methyl sites for hydroxylation is 2. The lowest BCUT2D eigenvalue weighted by molar-refractivity contribution is 0.0600. The summed E-state index contributed by atoms with van der Waals surface area (Å²) in [6.07, 6.45) is 3.36. The maximum Gasteiger partial charge on any atom is 0.337 e. The van der Waals surface area contributed by atoms with Gasteiger partial charge in [0.15, 0.2) is 0 Å². The van der Waals surface area contributed by atoms with E-state index in [1.165, 1.54) is 13.3 Å². The maximum atomic E-state index is 12.5. The molecule has 1 aromatic carbocycles. The average Bonchev–Trinajstić information content (AvgIpc) is 2.96. The SMILES string of the molecule is COC(=O)c1ccc(/C=N\NC(=O)c2c(C)nc3ccc(C)cn23)cc1. The molecule has 132 valence electrons. The number of fused-ring (bicyclic) bond motifs is 1. The van der Waals surface area contributed by atoms with Crippen molar-refractivity contribution in [3.63, 3.8) is 0 Å². The summed E-state index contributed by atoms with van der Waals surface area (Å²) in [7, 11) is 1.33. The fraction of sp³-hybridized carbons (Fsp3) is 0.158. The summed E-state index contributed by atoms with van der Waals surface area (Å²) >= 11 is 0. The van der Waals surface area contributed by atoms with Gasteiger partial charge < -0.3 is 4.74 Å². The first-order valence-corrected chi connectivity index (χ1v) is 7.96. The van der Waals surface area contributed by atoms with E-state index in [4.69, 9.17) is 0 Å². The molecule has 0 saturated carbocycles. The summed E-state index contributed by atoms with van der Waals surface area (Å²) in [5.41, 5.74) is 6.51. The average molecular weight is 350 g/mol. The van der Waals surface area contributed by atoms with Gasteiger partial charge in [-0.25, -0.2) is 15.2 Å². The highest BCUT2D eigenvalue weighted by Crippen LogP contribution is 2.13. The molecule has 7 heteroatoms. The standard InChI is InChI=1S/C19H18N4O3/c1-12-4-9-16-21-13(2)17(23(16)11-12)18(24)22-20-10-14-5-7-15(8-6-14)19(25)26-3/h4-11H,1-3H3,(H,22,24)/b20-10-. The molecule has 0 radical (unpaired) electrons. The third-order valence-electron chi connectivity index (χ3n) is 3.87. The number of benzene rings is 1. The Morgan fingerprint density at radius 3 is 2.58 bits per heavy atom. The molecule has 1 N–H and O–H groups in total. The molecule has 2 aromatic heterocycles. The van der Waals surface area contributed by atoms with Crippen LogP contribution in [0.3, 0.4) is 0 Å². The number of imidazole rings is 1. The predicted octanol–water partition coefficient (Wildman–Crippen LogP) is 2.50. The highest BCUT2D eigenvalue weighted by Gasteiger charge is 2.16. The van der Waals surface area contributed by atoms with Crippen LogP contribution in [0.25, 0.3) is 5.65 Å². The molecule has 0 aliphatic heterocycles. The monoisotopic (exact) mass is 350 g/mol. The van der Waals surface area contributed by atoms with Crippen molar-refractivity contribution in [1.82, 2.24) is 14.8 Å². The van der Waals surface area contributed by atoms with E-state index in [2.05, 4.69) is 20.2 Å². The summed E-state index contributed by atoms with van der Waals surface area (Å²) in [4.78, 5) is 28.3. The van der Waals surface area contributed by atoms with Crippen molar-refractivity contribution in [2.24, 2.45) is 5.10 Å². The van der Waals surface area contributed by atoms with Crippen molar-refractivity contribution < 1.29 is 14.3 Å². The second-order valence-corrected chi connectivity index (χ2v) is 5.79. The number of aromatic nitrogens is 2. The van der Waals surface area contributed by atoms with Crippen LogP contribution in [-0.4, -0.2) is 34.6 Å². The van der Waals surface area contributed by atoms with Gasteiger partial charge >= 0.3 is 5.97 Å². The van der Waals surface area contributed by atoms with E-state index in [9.17, 15) is 9.59 Å². The Balaban J connectivity index is 1.75. The van der Waals surface area contributed by atoms with Crippen molar-refractivity contribution in [1.29, 1.82) is 0 Å². The number of pyridine rings is 1. The number of methoxy groups -OCH3 is 1. The van der Waals surface area contributed by atoms with Gasteiger partial charge in [-0.3, -0.25) is 9.20 Å². The van der Waals surface area contributed by atoms with Crippen molar-refractivity contribution >= 4 is 23.7 Å². The van der Waals surface area contributed by atoms with Crippen molar-refractivity contribution in [3.8, 4) is 0 Å². The van der Waals surface area contributed by atoms with Gasteiger partial charge in [-0.15, -0.1) is 0 Å². The number of carbonyl (C=O) groups excluding carboxylic acids is 2. The third-order valence-corrected chi connectivity index (χ3v) is 3.87. The maximum absolute atomic E-state index is 12.5. The fourth-order valence-electron chi connectivity index (χ4n) is 2.58. The lowest BCUT2D eigenvalue weighted by Crippen LogP contribution is -2.20. The second-order valence-electron chi connectivity index (χ2n) is 5.79. The zero-order valence-electron chi connectivity index (χ0n) is 14.7. The van der Waals surface area contributed by atoms with Gasteiger partial charge in [0.25, 0.3) is 5.91 Å². The minimum atomic E-state index is -0.403. The predicted molar refractivity (Wildman–Crippen MR) is 97.5 cm³/mol. The zero-order chi connectivity index (χ0) is 18.7. The minimum absolute atomic E-state index is 0.344. The van der Waals surface area contributed by atoms with Gasteiger partial charge in [0.2, 0.25) is 0 Å². The van der Waals surface area contributed by atoms with Crippen LogP contribution in [0.1, 0.15) is 37.7 Å². The molecule has 2 heterocycles. The molecule has 0 unspecified atom stereocenters. The zero-order valence-corrected chi connectivity index (χ0v) is 14.7. The number of rotatable bonds is 4. The lowest BCUT2D eigenvalue weighted by Gasteiger charge is -2.03. The number of hydrogen-bond donors (Lipinski definition) is 1. The largest absolute Gasteiger partial charge is 0.465 e. The Kier molecular flexibility index (Phi) is 4.79. The third kappa shape index (κ3) is 3.46. The van der Waals surface area contributed by atoms with Crippen LogP contribution in [-0.2, 0) is 4.74 Å². The Hall–Kier alpha value is -3.48. The molecule has 3 rings (SSSR count). The highest BCUT2D eigenvalue weighted by atomic mass is 16.5. The molecule has 0 fully saturated rings. The lowest BCUT2D eigenvalue weighted by atomic mass is 10.1. The van der Waals surface area contributed by atoms with Crippen molar-refractivity contribution in [3.05, 3.63) is 70.7 Å². The molecule has 0 aliphatic carbocycles. The number of hydrazone groups is 1. The number of amides is 1. The molecule has 1 amide bonds. The number of esters is 1. The summed E-state index contributed by atoms with van der Waals surface area (Å²) in [5, 5.41) is 3.98. The van der Waals surface area contributed by atoms with E-state index in [1.807, 2.05) is 25.3 Å². The molecule has 3 aromatic rings. The van der Waals surface area contributed by atoms with Gasteiger partial charge in [0, 0.05) is 6.20 Å². The van der Waals surface area contributed by atoms with Crippen molar-refractivity contribution in [2.45, 2.75) is 13.8 Å². The van der Waals surface area contributed by atoms with Crippen LogP contribution >= 0.6 is 0 Å². The van der Waals surface area contributed by atoms with Crippen LogP contribution < -0.4 is 5.43 Å². The Morgan fingerprint density at radius 2 is 1.88 bits per heavy atom. The molecule has 0 bridgehead atoms. The van der Waals surface area contributed by atoms with E-state index in [1.54, 1.807) is 35.6 Å². The van der Waals surface area contributed by atoms with Gasteiger partial charge in [-0.2, -0.15) is 5.10 Å². The number of nitrogens with zero attached hydrogens (tertiary/aromatic N) is 3. The Labute approximate surface area is 150 Å². The van der Waals surface area contributed by atoms with Crippen LogP contribution in [0, 0.1) is 13.8 Å². The number of ether oxygens (including phenoxy) is 1. The van der Waals surface area contributed by atoms with Crippen LogP contribution in [0.5, 0.6) is 0 Å². The number of nitrogens with one attached hydrogen (secondary N) is 1. The molecule has 0 aliphatic rings. The van der Waals surface area contributed by atoms with Crippen LogP contribution in [0.2, 0.25) is 0 Å².